The van der Waals surface area contributed by atoms with E-state index in [1.54, 1.807) is 0 Å². The highest BCUT2D eigenvalue weighted by molar-refractivity contribution is 5.81. The van der Waals surface area contributed by atoms with Crippen molar-refractivity contribution < 1.29 is 9.53 Å². The van der Waals surface area contributed by atoms with E-state index in [0.29, 0.717) is 19.7 Å². The number of aryl methyl sites for hydroxylation is 1. The van der Waals surface area contributed by atoms with E-state index >= 15 is 0 Å². The molecule has 1 N–H and O–H groups in total. The largest absolute Gasteiger partial charge is 0.382 e. The van der Waals surface area contributed by atoms with E-state index in [-0.39, 0.29) is 5.91 Å². The van der Waals surface area contributed by atoms with Gasteiger partial charge in [-0.1, -0.05) is 19.1 Å². The predicted molar refractivity (Wildman–Crippen MR) is 83.2 cm³/mol. The predicted octanol–water partition coefficient (Wildman–Crippen LogP) is 2.14. The van der Waals surface area contributed by atoms with Gasteiger partial charge in [0.15, 0.2) is 0 Å². The first-order valence-corrected chi connectivity index (χ1v) is 7.54. The Morgan fingerprint density at radius 3 is 2.90 bits per heavy atom. The molecule has 0 bridgehead atoms. The Kier molecular flexibility index (Phi) is 5.75. The van der Waals surface area contributed by atoms with Crippen LogP contribution in [0.25, 0.3) is 11.0 Å². The normalized spacial score (nSPS) is 11.0. The van der Waals surface area contributed by atoms with Gasteiger partial charge in [-0.3, -0.25) is 4.79 Å². The van der Waals surface area contributed by atoms with Gasteiger partial charge >= 0.3 is 0 Å². The highest BCUT2D eigenvalue weighted by Crippen LogP contribution is 2.16. The van der Waals surface area contributed by atoms with Gasteiger partial charge in [0, 0.05) is 26.2 Å². The lowest BCUT2D eigenvalue weighted by atomic mass is 10.3. The molecule has 1 aromatic carbocycles. The SMILES string of the molecule is CCOCCCNC(=O)Cn1c(CC)nc2ccccc21. The number of hydrogen-bond acceptors (Lipinski definition) is 3. The Labute approximate surface area is 125 Å². The fraction of sp³-hybridized carbons (Fsp3) is 0.500. The Balaban J connectivity index is 1.97. The fourth-order valence-electron chi connectivity index (χ4n) is 2.32. The van der Waals surface area contributed by atoms with Gasteiger partial charge in [-0.05, 0) is 25.5 Å². The van der Waals surface area contributed by atoms with Crippen molar-refractivity contribution in [1.82, 2.24) is 14.9 Å². The van der Waals surface area contributed by atoms with Crippen LogP contribution in [0.5, 0.6) is 0 Å². The molecule has 114 valence electrons. The molecule has 0 aliphatic rings. The van der Waals surface area contributed by atoms with Crippen LogP contribution in [0.1, 0.15) is 26.1 Å². The zero-order valence-corrected chi connectivity index (χ0v) is 12.8. The smallest absolute Gasteiger partial charge is 0.240 e. The topological polar surface area (TPSA) is 56.1 Å². The van der Waals surface area contributed by atoms with Crippen molar-refractivity contribution in [3.63, 3.8) is 0 Å². The third-order valence-corrected chi connectivity index (χ3v) is 3.34. The van der Waals surface area contributed by atoms with Crippen LogP contribution in [0, 0.1) is 0 Å². The highest BCUT2D eigenvalue weighted by Gasteiger charge is 2.11. The first-order valence-electron chi connectivity index (χ1n) is 7.54. The maximum Gasteiger partial charge on any atom is 0.240 e. The third-order valence-electron chi connectivity index (χ3n) is 3.34. The summed E-state index contributed by atoms with van der Waals surface area (Å²) in [5.41, 5.74) is 1.96. The summed E-state index contributed by atoms with van der Waals surface area (Å²) in [5.74, 6) is 0.963. The maximum absolute atomic E-state index is 12.1. The van der Waals surface area contributed by atoms with Crippen LogP contribution in [0.4, 0.5) is 0 Å². The molecule has 2 aromatic rings. The van der Waals surface area contributed by atoms with Crippen LogP contribution in [-0.2, 0) is 22.5 Å². The average Bonchev–Trinajstić information content (AvgIpc) is 2.85. The number of para-hydroxylation sites is 2. The zero-order valence-electron chi connectivity index (χ0n) is 12.8. The molecule has 0 unspecified atom stereocenters. The number of fused-ring (bicyclic) bond motifs is 1. The van der Waals surface area contributed by atoms with E-state index in [4.69, 9.17) is 4.74 Å². The quantitative estimate of drug-likeness (QED) is 0.758. The summed E-state index contributed by atoms with van der Waals surface area (Å²) in [5, 5.41) is 2.93. The van der Waals surface area contributed by atoms with Crippen LogP contribution in [0.3, 0.4) is 0 Å². The maximum atomic E-state index is 12.1. The van der Waals surface area contributed by atoms with Crippen molar-refractivity contribution in [1.29, 1.82) is 0 Å². The van der Waals surface area contributed by atoms with Gasteiger partial charge in [-0.15, -0.1) is 0 Å². The molecule has 0 spiro atoms. The second kappa shape index (κ2) is 7.78. The van der Waals surface area contributed by atoms with Crippen molar-refractivity contribution in [3.05, 3.63) is 30.1 Å². The van der Waals surface area contributed by atoms with E-state index in [2.05, 4.69) is 17.2 Å². The van der Waals surface area contributed by atoms with Gasteiger partial charge in [0.2, 0.25) is 5.91 Å². The summed E-state index contributed by atoms with van der Waals surface area (Å²) in [6.45, 7) is 6.39. The monoisotopic (exact) mass is 289 g/mol. The lowest BCUT2D eigenvalue weighted by molar-refractivity contribution is -0.121. The molecule has 0 aliphatic carbocycles. The molecule has 1 heterocycles. The standard InChI is InChI=1S/C16H23N3O2/c1-3-15-18-13-8-5-6-9-14(13)19(15)12-16(20)17-10-7-11-21-4-2/h5-6,8-9H,3-4,7,10-12H2,1-2H3,(H,17,20). The molecule has 0 fully saturated rings. The molecule has 2 rings (SSSR count). The second-order valence-corrected chi connectivity index (χ2v) is 4.86. The number of imidazole rings is 1. The van der Waals surface area contributed by atoms with Gasteiger partial charge in [0.25, 0.3) is 0 Å². The van der Waals surface area contributed by atoms with E-state index < -0.39 is 0 Å². The van der Waals surface area contributed by atoms with Gasteiger partial charge in [0.05, 0.1) is 11.0 Å². The Bertz CT molecular complexity index is 592. The van der Waals surface area contributed by atoms with Gasteiger partial charge in [-0.25, -0.2) is 4.98 Å². The van der Waals surface area contributed by atoms with Crippen molar-refractivity contribution in [2.24, 2.45) is 0 Å². The van der Waals surface area contributed by atoms with Crippen LogP contribution in [0.2, 0.25) is 0 Å². The highest BCUT2D eigenvalue weighted by atomic mass is 16.5. The molecular formula is C16H23N3O2. The Morgan fingerprint density at radius 2 is 2.14 bits per heavy atom. The summed E-state index contributed by atoms with van der Waals surface area (Å²) in [4.78, 5) is 16.6. The molecule has 1 aromatic heterocycles. The van der Waals surface area contributed by atoms with Crippen molar-refractivity contribution in [2.45, 2.75) is 33.2 Å². The summed E-state index contributed by atoms with van der Waals surface area (Å²) < 4.78 is 7.24. The number of carbonyl (C=O) groups excluding carboxylic acids is 1. The van der Waals surface area contributed by atoms with Crippen molar-refractivity contribution in [3.8, 4) is 0 Å². The second-order valence-electron chi connectivity index (χ2n) is 4.86. The van der Waals surface area contributed by atoms with Crippen LogP contribution < -0.4 is 5.32 Å². The first-order chi connectivity index (χ1) is 10.3. The van der Waals surface area contributed by atoms with E-state index in [1.807, 2.05) is 35.8 Å². The molecule has 0 atom stereocenters. The lowest BCUT2D eigenvalue weighted by Crippen LogP contribution is -2.29. The van der Waals surface area contributed by atoms with Crippen LogP contribution in [0.15, 0.2) is 24.3 Å². The summed E-state index contributed by atoms with van der Waals surface area (Å²) in [6, 6.07) is 7.92. The minimum absolute atomic E-state index is 0.0179. The van der Waals surface area contributed by atoms with Crippen LogP contribution >= 0.6 is 0 Å². The van der Waals surface area contributed by atoms with Gasteiger partial charge in [-0.2, -0.15) is 0 Å². The summed E-state index contributed by atoms with van der Waals surface area (Å²) in [6.07, 6.45) is 1.65. The number of carbonyl (C=O) groups is 1. The zero-order chi connectivity index (χ0) is 15.1. The molecular weight excluding hydrogens is 266 g/mol. The average molecular weight is 289 g/mol. The van der Waals surface area contributed by atoms with Crippen molar-refractivity contribution in [2.75, 3.05) is 19.8 Å². The van der Waals surface area contributed by atoms with Crippen molar-refractivity contribution >= 4 is 16.9 Å². The van der Waals surface area contributed by atoms with Crippen LogP contribution in [-0.4, -0.2) is 35.2 Å². The van der Waals surface area contributed by atoms with E-state index in [0.717, 1.165) is 36.3 Å². The lowest BCUT2D eigenvalue weighted by Gasteiger charge is -2.09. The molecule has 0 saturated carbocycles. The summed E-state index contributed by atoms with van der Waals surface area (Å²) in [7, 11) is 0. The number of aromatic nitrogens is 2. The number of nitrogens with one attached hydrogen (secondary N) is 1. The molecule has 0 aliphatic heterocycles. The molecule has 5 nitrogen and oxygen atoms in total. The number of hydrogen-bond donors (Lipinski definition) is 1. The Morgan fingerprint density at radius 1 is 1.33 bits per heavy atom. The Hall–Kier alpha value is -1.88. The number of nitrogens with zero attached hydrogens (tertiary/aromatic N) is 2. The number of ether oxygens (including phenoxy) is 1. The van der Waals surface area contributed by atoms with E-state index in [1.165, 1.54) is 0 Å². The fourth-order valence-corrected chi connectivity index (χ4v) is 2.32. The molecule has 0 saturated heterocycles. The van der Waals surface area contributed by atoms with E-state index in [9.17, 15) is 4.79 Å². The third kappa shape index (κ3) is 4.04. The molecule has 0 radical (unpaired) electrons. The molecule has 5 heteroatoms. The summed E-state index contributed by atoms with van der Waals surface area (Å²) >= 11 is 0. The minimum atomic E-state index is 0.0179. The van der Waals surface area contributed by atoms with Gasteiger partial charge in [0.1, 0.15) is 12.4 Å². The first kappa shape index (κ1) is 15.5. The number of benzene rings is 1. The van der Waals surface area contributed by atoms with Gasteiger partial charge < -0.3 is 14.6 Å². The molecule has 1 amide bonds. The number of rotatable bonds is 8. The molecule has 21 heavy (non-hydrogen) atoms. The number of amides is 1. The minimum Gasteiger partial charge on any atom is -0.382 e.